The highest BCUT2D eigenvalue weighted by atomic mass is 19.1. The van der Waals surface area contributed by atoms with Gasteiger partial charge in [0, 0.05) is 24.2 Å². The highest BCUT2D eigenvalue weighted by molar-refractivity contribution is 6.06. The van der Waals surface area contributed by atoms with Crippen molar-refractivity contribution in [1.82, 2.24) is 24.6 Å². The van der Waals surface area contributed by atoms with Crippen LogP contribution in [-0.2, 0) is 4.79 Å². The van der Waals surface area contributed by atoms with Crippen LogP contribution in [0.3, 0.4) is 0 Å². The Morgan fingerprint density at radius 3 is 2.72 bits per heavy atom. The maximum absolute atomic E-state index is 13.3. The van der Waals surface area contributed by atoms with Gasteiger partial charge in [0.25, 0.3) is 5.91 Å². The molecule has 2 aliphatic heterocycles. The number of likely N-dealkylation sites (tertiary alicyclic amines) is 1. The van der Waals surface area contributed by atoms with Gasteiger partial charge >= 0.3 is 0 Å². The van der Waals surface area contributed by atoms with Crippen molar-refractivity contribution in [2.24, 2.45) is 0 Å². The molecule has 0 radical (unpaired) electrons. The predicted molar refractivity (Wildman–Crippen MR) is 141 cm³/mol. The number of rotatable bonds is 5. The van der Waals surface area contributed by atoms with E-state index in [1.807, 2.05) is 0 Å². The lowest BCUT2D eigenvalue weighted by molar-refractivity contribution is -0.127. The van der Waals surface area contributed by atoms with Crippen molar-refractivity contribution < 1.29 is 23.5 Å². The summed E-state index contributed by atoms with van der Waals surface area (Å²) < 4.78 is 26.6. The first-order chi connectivity index (χ1) is 18.9. The third kappa shape index (κ3) is 4.29. The number of hydrogen-bond acceptors (Lipinski definition) is 8. The van der Waals surface area contributed by atoms with Crippen LogP contribution in [0.4, 0.5) is 15.9 Å². The number of ether oxygens (including phenoxy) is 2. The highest BCUT2D eigenvalue weighted by Gasteiger charge is 2.31. The summed E-state index contributed by atoms with van der Waals surface area (Å²) in [7, 11) is 0. The van der Waals surface area contributed by atoms with Gasteiger partial charge in [-0.3, -0.25) is 9.59 Å². The molecule has 0 bridgehead atoms. The van der Waals surface area contributed by atoms with E-state index in [1.54, 1.807) is 21.7 Å². The Hall–Kier alpha value is -5.00. The number of halogens is 1. The second-order valence-electron chi connectivity index (χ2n) is 9.22. The van der Waals surface area contributed by atoms with Crippen molar-refractivity contribution in [2.75, 3.05) is 30.9 Å². The van der Waals surface area contributed by atoms with Crippen LogP contribution in [0.25, 0.3) is 22.3 Å². The van der Waals surface area contributed by atoms with Crippen molar-refractivity contribution in [3.8, 4) is 22.8 Å². The summed E-state index contributed by atoms with van der Waals surface area (Å²) in [4.78, 5) is 35.4. The number of nitrogens with zero attached hydrogens (tertiary/aromatic N) is 5. The topological polar surface area (TPSA) is 137 Å². The number of benzene rings is 2. The van der Waals surface area contributed by atoms with Crippen molar-refractivity contribution in [2.45, 2.75) is 18.9 Å². The molecule has 39 heavy (non-hydrogen) atoms. The molecule has 12 heteroatoms. The summed E-state index contributed by atoms with van der Waals surface area (Å²) in [6.07, 6.45) is 4.29. The lowest BCUT2D eigenvalue weighted by atomic mass is 10.1. The Labute approximate surface area is 222 Å². The van der Waals surface area contributed by atoms with Crippen molar-refractivity contribution in [3.63, 3.8) is 0 Å². The maximum Gasteiger partial charge on any atom is 0.255 e. The molecule has 2 aromatic carbocycles. The molecular formula is C27H24FN7O4. The lowest BCUT2D eigenvalue weighted by Gasteiger charge is -2.32. The van der Waals surface area contributed by atoms with Crippen LogP contribution in [0.2, 0.25) is 0 Å². The molecule has 4 heterocycles. The van der Waals surface area contributed by atoms with Gasteiger partial charge < -0.3 is 25.4 Å². The van der Waals surface area contributed by atoms with Gasteiger partial charge in [0.1, 0.15) is 23.7 Å². The second kappa shape index (κ2) is 9.71. The zero-order valence-electron chi connectivity index (χ0n) is 20.8. The van der Waals surface area contributed by atoms with Gasteiger partial charge in [0.05, 0.1) is 17.1 Å². The van der Waals surface area contributed by atoms with Gasteiger partial charge in [-0.25, -0.2) is 19.0 Å². The molecule has 0 unspecified atom stereocenters. The summed E-state index contributed by atoms with van der Waals surface area (Å²) in [5.74, 6) is -0.0275. The number of aromatic nitrogens is 4. The van der Waals surface area contributed by atoms with Gasteiger partial charge in [-0.15, -0.1) is 0 Å². The van der Waals surface area contributed by atoms with Crippen LogP contribution in [0.5, 0.6) is 11.5 Å². The van der Waals surface area contributed by atoms with Crippen LogP contribution in [0.1, 0.15) is 29.2 Å². The molecule has 0 spiro atoms. The monoisotopic (exact) mass is 529 g/mol. The number of hydrogen-bond donors (Lipinski definition) is 2. The Balaban J connectivity index is 1.40. The zero-order valence-corrected chi connectivity index (χ0v) is 20.8. The number of carbonyl (C=O) groups is 2. The Morgan fingerprint density at radius 1 is 1.13 bits per heavy atom. The second-order valence-corrected chi connectivity index (χ2v) is 9.22. The third-order valence-corrected chi connectivity index (χ3v) is 6.88. The fraction of sp³-hybridized carbons (Fsp3) is 0.222. The van der Waals surface area contributed by atoms with Gasteiger partial charge in [0.2, 0.25) is 12.7 Å². The fourth-order valence-corrected chi connectivity index (χ4v) is 5.00. The molecule has 2 amide bonds. The molecule has 11 nitrogen and oxygen atoms in total. The summed E-state index contributed by atoms with van der Waals surface area (Å²) in [6.45, 7) is 4.64. The minimum Gasteiger partial charge on any atom is -0.453 e. The molecule has 1 saturated heterocycles. The number of nitrogens with two attached hydrogens (primary N) is 1. The molecule has 6 rings (SSSR count). The predicted octanol–water partition coefficient (Wildman–Crippen LogP) is 3.55. The van der Waals surface area contributed by atoms with E-state index in [-0.39, 0.29) is 24.6 Å². The Morgan fingerprint density at radius 2 is 1.92 bits per heavy atom. The van der Waals surface area contributed by atoms with Crippen LogP contribution < -0.4 is 20.5 Å². The normalized spacial score (nSPS) is 16.3. The first kappa shape index (κ1) is 24.3. The number of nitrogens with one attached hydrogen (secondary N) is 1. The molecule has 198 valence electrons. The largest absolute Gasteiger partial charge is 0.453 e. The van der Waals surface area contributed by atoms with E-state index >= 15 is 0 Å². The van der Waals surface area contributed by atoms with Crippen molar-refractivity contribution in [1.29, 1.82) is 0 Å². The van der Waals surface area contributed by atoms with E-state index in [9.17, 15) is 14.0 Å². The molecule has 3 N–H and O–H groups in total. The first-order valence-corrected chi connectivity index (χ1v) is 12.3. The quantitative estimate of drug-likeness (QED) is 0.375. The van der Waals surface area contributed by atoms with Crippen molar-refractivity contribution >= 4 is 34.4 Å². The molecule has 0 aliphatic carbocycles. The van der Waals surface area contributed by atoms with Gasteiger partial charge in [0.15, 0.2) is 17.1 Å². The average molecular weight is 530 g/mol. The molecule has 2 aromatic heterocycles. The van der Waals surface area contributed by atoms with Gasteiger partial charge in [-0.05, 0) is 55.3 Å². The fourth-order valence-electron chi connectivity index (χ4n) is 5.00. The average Bonchev–Trinajstić information content (AvgIpc) is 3.60. The van der Waals surface area contributed by atoms with E-state index in [0.29, 0.717) is 58.1 Å². The van der Waals surface area contributed by atoms with E-state index in [2.05, 4.69) is 21.9 Å². The number of fused-ring (bicyclic) bond motifs is 2. The zero-order chi connectivity index (χ0) is 27.1. The summed E-state index contributed by atoms with van der Waals surface area (Å²) in [6, 6.07) is 8.53. The minimum absolute atomic E-state index is 0.0579. The van der Waals surface area contributed by atoms with Gasteiger partial charge in [-0.2, -0.15) is 5.10 Å². The number of piperidine rings is 1. The number of nitrogen functional groups attached to an aromatic ring is 1. The van der Waals surface area contributed by atoms with E-state index < -0.39 is 11.7 Å². The Bertz CT molecular complexity index is 1620. The maximum atomic E-state index is 13.3. The minimum atomic E-state index is -0.434. The third-order valence-electron chi connectivity index (χ3n) is 6.88. The van der Waals surface area contributed by atoms with Crippen LogP contribution >= 0.6 is 0 Å². The molecular weight excluding hydrogens is 505 g/mol. The van der Waals surface area contributed by atoms with Crippen LogP contribution in [0.15, 0.2) is 55.4 Å². The van der Waals surface area contributed by atoms with Crippen molar-refractivity contribution in [3.05, 3.63) is 66.8 Å². The van der Waals surface area contributed by atoms with E-state index in [1.165, 1.54) is 36.7 Å². The molecule has 1 atom stereocenters. The molecule has 4 aromatic rings. The number of carbonyl (C=O) groups excluding carboxylic acids is 2. The highest BCUT2D eigenvalue weighted by Crippen LogP contribution is 2.48. The van der Waals surface area contributed by atoms with E-state index in [4.69, 9.17) is 20.3 Å². The van der Waals surface area contributed by atoms with Gasteiger partial charge in [-0.1, -0.05) is 6.58 Å². The molecule has 1 fully saturated rings. The van der Waals surface area contributed by atoms with Crippen LogP contribution in [-0.4, -0.2) is 56.3 Å². The van der Waals surface area contributed by atoms with Crippen LogP contribution in [0, 0.1) is 5.82 Å². The summed E-state index contributed by atoms with van der Waals surface area (Å²) >= 11 is 0. The Kier molecular flexibility index (Phi) is 6.06. The number of amides is 2. The van der Waals surface area contributed by atoms with E-state index in [0.717, 1.165) is 12.8 Å². The smallest absolute Gasteiger partial charge is 0.255 e. The lowest BCUT2D eigenvalue weighted by Crippen LogP contribution is -2.40. The molecule has 2 aliphatic rings. The first-order valence-electron chi connectivity index (χ1n) is 12.3. The summed E-state index contributed by atoms with van der Waals surface area (Å²) in [5.41, 5.74) is 8.61. The molecule has 0 saturated carbocycles. The standard InChI is InChI=1S/C27H24FN7O4/c1-2-20(36)34-11-3-4-17(12-34)35-26-21(25(29)30-13-31-26)22(33-35)18-9-10-19(24-23(18)38-14-39-24)32-27(37)15-5-7-16(28)8-6-15/h2,5-10,13,17H,1,3-4,11-12,14H2,(H,32,37)(H2,29,30,31)/t17-/m1/s1. The SMILES string of the molecule is C=CC(=O)N1CCC[C@@H](n2nc(-c3ccc(NC(=O)c4ccc(F)cc4)c4c3OCO4)c3c(N)ncnc32)C1. The summed E-state index contributed by atoms with van der Waals surface area (Å²) in [5, 5.41) is 8.24. The number of anilines is 2.